The van der Waals surface area contributed by atoms with Gasteiger partial charge in [0, 0.05) is 15.6 Å². The molecule has 19 heavy (non-hydrogen) atoms. The Hall–Kier alpha value is -1.17. The molecular formula is C15H13F2IO. The van der Waals surface area contributed by atoms with Crippen LogP contribution in [0.2, 0.25) is 0 Å². The Morgan fingerprint density at radius 3 is 2.63 bits per heavy atom. The van der Waals surface area contributed by atoms with E-state index in [1.807, 2.05) is 52.9 Å². The maximum Gasteiger partial charge on any atom is 0.137 e. The average Bonchev–Trinajstić information content (AvgIpc) is 2.43. The van der Waals surface area contributed by atoms with Crippen LogP contribution < -0.4 is 4.74 Å². The van der Waals surface area contributed by atoms with Crippen molar-refractivity contribution in [3.05, 3.63) is 51.9 Å². The van der Waals surface area contributed by atoms with Gasteiger partial charge in [-0.3, -0.25) is 4.39 Å². The van der Waals surface area contributed by atoms with Gasteiger partial charge < -0.3 is 4.74 Å². The first-order valence-corrected chi connectivity index (χ1v) is 7.03. The summed E-state index contributed by atoms with van der Waals surface area (Å²) < 4.78 is 31.8. The van der Waals surface area contributed by atoms with Crippen LogP contribution in [0.15, 0.2) is 42.5 Å². The predicted octanol–water partition coefficient (Wildman–Crippen LogP) is 4.84. The molecule has 100 valence electrons. The van der Waals surface area contributed by atoms with Crippen LogP contribution in [0.1, 0.15) is 6.42 Å². The first-order valence-electron chi connectivity index (χ1n) is 5.95. The number of halogens is 3. The molecule has 0 aromatic heterocycles. The summed E-state index contributed by atoms with van der Waals surface area (Å²) in [7, 11) is 0. The van der Waals surface area contributed by atoms with Crippen LogP contribution in [0.5, 0.6) is 5.75 Å². The van der Waals surface area contributed by atoms with Gasteiger partial charge >= 0.3 is 0 Å². The van der Waals surface area contributed by atoms with Crippen molar-refractivity contribution in [3.8, 4) is 16.9 Å². The average molecular weight is 374 g/mol. The van der Waals surface area contributed by atoms with Crippen molar-refractivity contribution in [2.75, 3.05) is 13.3 Å². The summed E-state index contributed by atoms with van der Waals surface area (Å²) in [4.78, 5) is 0. The molecule has 1 nitrogen and oxygen atoms in total. The molecule has 0 spiro atoms. The van der Waals surface area contributed by atoms with Crippen molar-refractivity contribution in [3.63, 3.8) is 0 Å². The van der Waals surface area contributed by atoms with Crippen molar-refractivity contribution in [1.82, 2.24) is 0 Å². The van der Waals surface area contributed by atoms with E-state index < -0.39 is 6.67 Å². The minimum Gasteiger partial charge on any atom is -0.493 e. The monoisotopic (exact) mass is 374 g/mol. The second-order valence-corrected chi connectivity index (χ2v) is 5.18. The van der Waals surface area contributed by atoms with Crippen molar-refractivity contribution in [1.29, 1.82) is 0 Å². The van der Waals surface area contributed by atoms with Crippen LogP contribution in [0, 0.1) is 9.39 Å². The lowest BCUT2D eigenvalue weighted by atomic mass is 10.0. The van der Waals surface area contributed by atoms with Gasteiger partial charge in [-0.05, 0) is 46.4 Å². The minimum absolute atomic E-state index is 0.253. The molecule has 0 N–H and O–H groups in total. The molecule has 0 fully saturated rings. The fraction of sp³-hybridized carbons (Fsp3) is 0.200. The molecule has 2 aromatic rings. The van der Waals surface area contributed by atoms with Crippen LogP contribution in [0.4, 0.5) is 8.78 Å². The van der Waals surface area contributed by atoms with Crippen molar-refractivity contribution < 1.29 is 13.5 Å². The highest BCUT2D eigenvalue weighted by atomic mass is 127. The maximum atomic E-state index is 13.6. The van der Waals surface area contributed by atoms with Crippen molar-refractivity contribution in [2.24, 2.45) is 0 Å². The lowest BCUT2D eigenvalue weighted by Crippen LogP contribution is -1.99. The molecule has 0 atom stereocenters. The minimum atomic E-state index is -0.402. The van der Waals surface area contributed by atoms with Gasteiger partial charge in [-0.1, -0.05) is 24.3 Å². The summed E-state index contributed by atoms with van der Waals surface area (Å²) >= 11 is 1.95. The molecule has 0 radical (unpaired) electrons. The Kier molecular flexibility index (Phi) is 5.13. The van der Waals surface area contributed by atoms with Crippen molar-refractivity contribution in [2.45, 2.75) is 6.42 Å². The van der Waals surface area contributed by atoms with Gasteiger partial charge in [0.05, 0.1) is 13.3 Å². The Bertz CT molecular complexity index is 558. The molecule has 0 saturated heterocycles. The highest BCUT2D eigenvalue weighted by molar-refractivity contribution is 14.1. The second-order valence-electron chi connectivity index (χ2n) is 4.02. The molecule has 0 aliphatic carbocycles. The topological polar surface area (TPSA) is 9.23 Å². The number of para-hydroxylation sites is 1. The van der Waals surface area contributed by atoms with E-state index in [0.29, 0.717) is 22.3 Å². The zero-order valence-corrected chi connectivity index (χ0v) is 12.4. The Balaban J connectivity index is 2.30. The van der Waals surface area contributed by atoms with Crippen LogP contribution in [-0.2, 0) is 0 Å². The molecule has 2 aromatic carbocycles. The zero-order chi connectivity index (χ0) is 13.7. The molecule has 0 aliphatic heterocycles. The van der Waals surface area contributed by atoms with Gasteiger partial charge in [-0.2, -0.15) is 0 Å². The lowest BCUT2D eigenvalue weighted by molar-refractivity contribution is 0.290. The summed E-state index contributed by atoms with van der Waals surface area (Å²) in [5.74, 6) is 0.396. The number of alkyl halides is 1. The number of hydrogen-bond acceptors (Lipinski definition) is 1. The van der Waals surface area contributed by atoms with Crippen LogP contribution in [0.3, 0.4) is 0 Å². The summed E-state index contributed by atoms with van der Waals surface area (Å²) in [6, 6.07) is 12.4. The molecule has 0 heterocycles. The van der Waals surface area contributed by atoms with Gasteiger partial charge in [-0.25, -0.2) is 4.39 Å². The molecule has 0 unspecified atom stereocenters. The fourth-order valence-electron chi connectivity index (χ4n) is 1.73. The fourth-order valence-corrected chi connectivity index (χ4v) is 2.07. The SMILES string of the molecule is FCCCOc1ccccc1-c1ccc(I)c(F)c1. The van der Waals surface area contributed by atoms with Gasteiger partial charge in [-0.15, -0.1) is 0 Å². The van der Waals surface area contributed by atoms with Crippen molar-refractivity contribution >= 4 is 22.6 Å². The maximum absolute atomic E-state index is 13.6. The Labute approximate surface area is 124 Å². The van der Waals surface area contributed by atoms with E-state index in [0.717, 1.165) is 11.1 Å². The highest BCUT2D eigenvalue weighted by Gasteiger charge is 2.08. The van der Waals surface area contributed by atoms with Crippen LogP contribution in [-0.4, -0.2) is 13.3 Å². The van der Waals surface area contributed by atoms with E-state index in [1.165, 1.54) is 6.07 Å². The quantitative estimate of drug-likeness (QED) is 0.538. The zero-order valence-electron chi connectivity index (χ0n) is 10.2. The van der Waals surface area contributed by atoms with Gasteiger partial charge in [0.1, 0.15) is 11.6 Å². The Morgan fingerprint density at radius 2 is 1.89 bits per heavy atom. The number of benzene rings is 2. The molecule has 2 rings (SSSR count). The van der Waals surface area contributed by atoms with E-state index >= 15 is 0 Å². The van der Waals surface area contributed by atoms with Gasteiger partial charge in [0.2, 0.25) is 0 Å². The molecule has 0 bridgehead atoms. The van der Waals surface area contributed by atoms with Gasteiger partial charge in [0.15, 0.2) is 0 Å². The van der Waals surface area contributed by atoms with E-state index in [-0.39, 0.29) is 5.82 Å². The standard InChI is InChI=1S/C15H13F2IO/c16-8-3-9-19-15-5-2-1-4-12(15)11-6-7-14(18)13(17)10-11/h1-2,4-7,10H,3,8-9H2. The Morgan fingerprint density at radius 1 is 1.11 bits per heavy atom. The van der Waals surface area contributed by atoms with E-state index in [9.17, 15) is 8.78 Å². The van der Waals surface area contributed by atoms with Crippen LogP contribution in [0.25, 0.3) is 11.1 Å². The first kappa shape index (κ1) is 14.2. The molecular weight excluding hydrogens is 361 g/mol. The third kappa shape index (κ3) is 3.65. The van der Waals surface area contributed by atoms with Gasteiger partial charge in [0.25, 0.3) is 0 Å². The number of hydrogen-bond donors (Lipinski definition) is 0. The molecule has 0 saturated carbocycles. The lowest BCUT2D eigenvalue weighted by Gasteiger charge is -2.11. The molecule has 4 heteroatoms. The summed E-state index contributed by atoms with van der Waals surface area (Å²) in [6.45, 7) is -0.0826. The summed E-state index contributed by atoms with van der Waals surface area (Å²) in [5, 5.41) is 0. The largest absolute Gasteiger partial charge is 0.493 e. The van der Waals surface area contributed by atoms with Crippen LogP contribution >= 0.6 is 22.6 Å². The highest BCUT2D eigenvalue weighted by Crippen LogP contribution is 2.31. The first-order chi connectivity index (χ1) is 9.22. The molecule has 0 aliphatic rings. The third-order valence-corrected chi connectivity index (χ3v) is 3.53. The summed E-state index contributed by atoms with van der Waals surface area (Å²) in [6.07, 6.45) is 0.357. The van der Waals surface area contributed by atoms with E-state index in [2.05, 4.69) is 0 Å². The van der Waals surface area contributed by atoms with E-state index in [1.54, 1.807) is 6.07 Å². The normalized spacial score (nSPS) is 10.5. The smallest absolute Gasteiger partial charge is 0.137 e. The third-order valence-electron chi connectivity index (χ3n) is 2.65. The number of ether oxygens (including phenoxy) is 1. The molecule has 0 amide bonds. The van der Waals surface area contributed by atoms with E-state index in [4.69, 9.17) is 4.74 Å². The predicted molar refractivity (Wildman–Crippen MR) is 80.6 cm³/mol. The summed E-state index contributed by atoms with van der Waals surface area (Å²) in [5.41, 5.74) is 1.57. The number of rotatable bonds is 5. The second kappa shape index (κ2) is 6.84.